The summed E-state index contributed by atoms with van der Waals surface area (Å²) in [5, 5.41) is 3.00. The third kappa shape index (κ3) is 3.42. The monoisotopic (exact) mass is 269 g/mol. The molecule has 4 nitrogen and oxygen atoms in total. The first-order valence-corrected chi connectivity index (χ1v) is 6.75. The second kappa shape index (κ2) is 6.82. The smallest absolute Gasteiger partial charge is 0.270 e. The zero-order chi connectivity index (χ0) is 14.4. The third-order valence-electron chi connectivity index (χ3n) is 3.21. The number of nitrogens with two attached hydrogens (primary N) is 1. The molecule has 2 rings (SSSR count). The number of hydrogen-bond donors (Lipinski definition) is 2. The summed E-state index contributed by atoms with van der Waals surface area (Å²) in [5.41, 5.74) is 7.94. The highest BCUT2D eigenvalue weighted by molar-refractivity contribution is 5.92. The molecule has 0 bridgehead atoms. The number of hydrogen-bond acceptors (Lipinski definition) is 3. The molecule has 104 valence electrons. The number of pyridine rings is 1. The van der Waals surface area contributed by atoms with Crippen LogP contribution < -0.4 is 11.1 Å². The van der Waals surface area contributed by atoms with E-state index >= 15 is 0 Å². The molecular weight excluding hydrogens is 250 g/mol. The summed E-state index contributed by atoms with van der Waals surface area (Å²) in [6.07, 6.45) is 2.47. The molecule has 1 amide bonds. The Morgan fingerprint density at radius 3 is 2.55 bits per heavy atom. The fourth-order valence-corrected chi connectivity index (χ4v) is 2.02. The Kier molecular flexibility index (Phi) is 4.85. The zero-order valence-corrected chi connectivity index (χ0v) is 11.5. The molecule has 1 heterocycles. The molecule has 1 atom stereocenters. The summed E-state index contributed by atoms with van der Waals surface area (Å²) in [5.74, 6) is -0.163. The molecule has 0 saturated carbocycles. The van der Waals surface area contributed by atoms with Crippen molar-refractivity contribution < 1.29 is 4.79 Å². The topological polar surface area (TPSA) is 68.0 Å². The maximum atomic E-state index is 12.2. The number of amides is 1. The summed E-state index contributed by atoms with van der Waals surface area (Å²) in [6.45, 7) is 2.47. The molecule has 0 aliphatic carbocycles. The average Bonchev–Trinajstić information content (AvgIpc) is 2.53. The van der Waals surface area contributed by atoms with E-state index in [1.54, 1.807) is 12.3 Å². The van der Waals surface area contributed by atoms with E-state index in [2.05, 4.69) is 10.3 Å². The first kappa shape index (κ1) is 14.2. The van der Waals surface area contributed by atoms with E-state index in [0.717, 1.165) is 17.5 Å². The minimum Gasteiger partial charge on any atom is -0.344 e. The van der Waals surface area contributed by atoms with Crippen LogP contribution in [0.3, 0.4) is 0 Å². The summed E-state index contributed by atoms with van der Waals surface area (Å²) in [6, 6.07) is 13.5. The maximum absolute atomic E-state index is 12.2. The van der Waals surface area contributed by atoms with Crippen molar-refractivity contribution >= 4 is 5.91 Å². The van der Waals surface area contributed by atoms with Crippen molar-refractivity contribution in [3.05, 3.63) is 65.5 Å². The number of rotatable bonds is 5. The van der Waals surface area contributed by atoms with Gasteiger partial charge in [-0.15, -0.1) is 0 Å². The van der Waals surface area contributed by atoms with Crippen LogP contribution in [-0.2, 0) is 6.54 Å². The maximum Gasteiger partial charge on any atom is 0.270 e. The molecule has 0 saturated heterocycles. The van der Waals surface area contributed by atoms with Crippen LogP contribution in [0.2, 0.25) is 0 Å². The van der Waals surface area contributed by atoms with Crippen molar-refractivity contribution in [2.24, 2.45) is 5.73 Å². The average molecular weight is 269 g/mol. The van der Waals surface area contributed by atoms with Gasteiger partial charge in [-0.1, -0.05) is 43.3 Å². The minimum absolute atomic E-state index is 0.000292. The summed E-state index contributed by atoms with van der Waals surface area (Å²) in [4.78, 5) is 16.3. The van der Waals surface area contributed by atoms with Crippen molar-refractivity contribution in [3.8, 4) is 0 Å². The van der Waals surface area contributed by atoms with Crippen LogP contribution in [0.4, 0.5) is 0 Å². The van der Waals surface area contributed by atoms with Gasteiger partial charge in [0.05, 0.1) is 6.04 Å². The molecule has 20 heavy (non-hydrogen) atoms. The highest BCUT2D eigenvalue weighted by Crippen LogP contribution is 2.16. The summed E-state index contributed by atoms with van der Waals surface area (Å²) in [7, 11) is 0. The number of aromatic nitrogens is 1. The van der Waals surface area contributed by atoms with Gasteiger partial charge in [0.1, 0.15) is 5.69 Å². The van der Waals surface area contributed by atoms with Crippen LogP contribution in [0.1, 0.15) is 41.0 Å². The van der Waals surface area contributed by atoms with E-state index in [1.165, 1.54) is 0 Å². The molecule has 3 N–H and O–H groups in total. The van der Waals surface area contributed by atoms with Crippen molar-refractivity contribution in [1.82, 2.24) is 10.3 Å². The Morgan fingerprint density at radius 1 is 1.25 bits per heavy atom. The van der Waals surface area contributed by atoms with Gasteiger partial charge >= 0.3 is 0 Å². The highest BCUT2D eigenvalue weighted by Gasteiger charge is 2.14. The molecule has 4 heteroatoms. The molecule has 1 unspecified atom stereocenters. The van der Waals surface area contributed by atoms with Gasteiger partial charge in [0.25, 0.3) is 5.91 Å². The van der Waals surface area contributed by atoms with E-state index in [9.17, 15) is 4.79 Å². The number of carbonyl (C=O) groups is 1. The van der Waals surface area contributed by atoms with E-state index in [1.807, 2.05) is 43.3 Å². The van der Waals surface area contributed by atoms with Crippen LogP contribution >= 0.6 is 0 Å². The highest BCUT2D eigenvalue weighted by atomic mass is 16.1. The largest absolute Gasteiger partial charge is 0.344 e. The van der Waals surface area contributed by atoms with Crippen LogP contribution in [0.15, 0.2) is 48.7 Å². The Bertz CT molecular complexity index is 552. The number of nitrogens with zero attached hydrogens (tertiary/aromatic N) is 1. The van der Waals surface area contributed by atoms with Crippen LogP contribution in [0, 0.1) is 0 Å². The minimum atomic E-state index is -0.163. The second-order valence-corrected chi connectivity index (χ2v) is 4.60. The lowest BCUT2D eigenvalue weighted by molar-refractivity contribution is 0.0930. The van der Waals surface area contributed by atoms with E-state index in [4.69, 9.17) is 5.73 Å². The molecule has 1 aromatic carbocycles. The number of benzene rings is 1. The van der Waals surface area contributed by atoms with Crippen molar-refractivity contribution in [1.29, 1.82) is 0 Å². The first-order valence-electron chi connectivity index (χ1n) is 6.75. The normalized spacial score (nSPS) is 11.9. The number of carbonyl (C=O) groups excluding carboxylic acids is 1. The quantitative estimate of drug-likeness (QED) is 0.876. The molecule has 0 spiro atoms. The Labute approximate surface area is 119 Å². The van der Waals surface area contributed by atoms with Crippen molar-refractivity contribution in [2.75, 3.05) is 0 Å². The molecule has 1 aromatic heterocycles. The van der Waals surface area contributed by atoms with Crippen molar-refractivity contribution in [3.63, 3.8) is 0 Å². The predicted molar refractivity (Wildman–Crippen MR) is 79.1 cm³/mol. The lowest BCUT2D eigenvalue weighted by Crippen LogP contribution is -2.28. The van der Waals surface area contributed by atoms with E-state index in [-0.39, 0.29) is 11.9 Å². The fourth-order valence-electron chi connectivity index (χ4n) is 2.02. The summed E-state index contributed by atoms with van der Waals surface area (Å²) < 4.78 is 0. The van der Waals surface area contributed by atoms with E-state index < -0.39 is 0 Å². The van der Waals surface area contributed by atoms with Gasteiger partial charge in [0.15, 0.2) is 0 Å². The van der Waals surface area contributed by atoms with Gasteiger partial charge in [-0.2, -0.15) is 0 Å². The van der Waals surface area contributed by atoms with Gasteiger partial charge in [0, 0.05) is 12.7 Å². The van der Waals surface area contributed by atoms with Crippen LogP contribution in [0.25, 0.3) is 0 Å². The van der Waals surface area contributed by atoms with Gasteiger partial charge in [-0.3, -0.25) is 9.78 Å². The fraction of sp³-hybridized carbons (Fsp3) is 0.250. The van der Waals surface area contributed by atoms with Crippen molar-refractivity contribution in [2.45, 2.75) is 25.9 Å². The molecule has 0 aliphatic rings. The lowest BCUT2D eigenvalue weighted by atomic mass is 10.0. The third-order valence-corrected chi connectivity index (χ3v) is 3.21. The zero-order valence-electron chi connectivity index (χ0n) is 11.5. The Morgan fingerprint density at radius 2 is 2.00 bits per heavy atom. The van der Waals surface area contributed by atoms with Gasteiger partial charge < -0.3 is 11.1 Å². The van der Waals surface area contributed by atoms with Gasteiger partial charge in [-0.05, 0) is 23.6 Å². The molecular formula is C16H19N3O. The van der Waals surface area contributed by atoms with Gasteiger partial charge in [-0.25, -0.2) is 0 Å². The Hall–Kier alpha value is -2.20. The second-order valence-electron chi connectivity index (χ2n) is 4.60. The van der Waals surface area contributed by atoms with Crippen LogP contribution in [-0.4, -0.2) is 10.9 Å². The van der Waals surface area contributed by atoms with Crippen LogP contribution in [0.5, 0.6) is 0 Å². The van der Waals surface area contributed by atoms with Gasteiger partial charge in [0.2, 0.25) is 0 Å². The van der Waals surface area contributed by atoms with E-state index in [0.29, 0.717) is 12.2 Å². The first-order chi connectivity index (χ1) is 9.74. The predicted octanol–water partition coefficient (Wildman–Crippen LogP) is 2.42. The SMILES string of the molecule is CCC(NC(=O)c1ccc(CN)cn1)c1ccccc1. The molecule has 2 aromatic rings. The molecule has 0 aliphatic heterocycles. The molecule has 0 fully saturated rings. The lowest BCUT2D eigenvalue weighted by Gasteiger charge is -2.17. The Balaban J connectivity index is 2.09. The standard InChI is InChI=1S/C16H19N3O/c1-2-14(13-6-4-3-5-7-13)19-16(20)15-9-8-12(10-17)11-18-15/h3-9,11,14H,2,10,17H2,1H3,(H,19,20). The molecule has 0 radical (unpaired) electrons. The number of nitrogens with one attached hydrogen (secondary N) is 1. The summed E-state index contributed by atoms with van der Waals surface area (Å²) >= 11 is 0.